The minimum Gasteiger partial charge on any atom is -0.455 e. The van der Waals surface area contributed by atoms with E-state index in [2.05, 4.69) is 24.5 Å². The topological polar surface area (TPSA) is 344 Å². The Morgan fingerprint density at radius 2 is 1.81 bits per heavy atom. The van der Waals surface area contributed by atoms with Gasteiger partial charge in [0.2, 0.25) is 0 Å². The highest BCUT2D eigenvalue weighted by atomic mass is 33.1. The molecule has 2 saturated heterocycles. The number of nitrogen functional groups attached to an aromatic ring is 2. The van der Waals surface area contributed by atoms with Crippen LogP contribution in [0.25, 0.3) is 11.2 Å². The normalized spacial score (nSPS) is 26.8. The number of rotatable bonds is 15. The molecule has 10 N–H and O–H groups in total. The number of fused-ring (bicyclic) bond motifs is 1. The molecule has 3 aromatic rings. The van der Waals surface area contributed by atoms with E-state index in [1.54, 1.807) is 0 Å². The van der Waals surface area contributed by atoms with Gasteiger partial charge in [-0.25, -0.2) is 28.9 Å². The van der Waals surface area contributed by atoms with Gasteiger partial charge in [-0.05, 0) is 6.07 Å². The molecular formula is C26H39N9O14P2S2. The molecule has 0 saturated carbocycles. The number of aliphatic hydroxyl groups excluding tert-OH is 1. The Labute approximate surface area is 308 Å². The second-order valence-electron chi connectivity index (χ2n) is 12.7. The SMILES string of the molecule is CC(C)(C)SSC[C@H](N)C(=O)O[C@H]1[C@@H](O)[C@H](n2cnc3c(N)ncnc32)O[C@@H]1COP(=O)(O)O[C@H]1C[C@H](n2ccc(N)nc2=O)OC1COP(=O)(O)O. The van der Waals surface area contributed by atoms with Crippen LogP contribution in [0.4, 0.5) is 11.6 Å². The molecule has 53 heavy (non-hydrogen) atoms. The van der Waals surface area contributed by atoms with Gasteiger partial charge in [0.15, 0.2) is 23.8 Å². The number of esters is 1. The Balaban J connectivity index is 1.33. The Morgan fingerprint density at radius 1 is 1.09 bits per heavy atom. The van der Waals surface area contributed by atoms with Crippen molar-refractivity contribution in [2.45, 2.75) is 81.0 Å². The van der Waals surface area contributed by atoms with Crippen molar-refractivity contribution in [3.05, 3.63) is 35.4 Å². The van der Waals surface area contributed by atoms with Gasteiger partial charge in [-0.3, -0.25) is 27.5 Å². The highest BCUT2D eigenvalue weighted by Gasteiger charge is 2.50. The summed E-state index contributed by atoms with van der Waals surface area (Å²) in [5, 5.41) is 11.4. The average Bonchev–Trinajstić information content (AvgIpc) is 3.74. The first kappa shape index (κ1) is 41.4. The summed E-state index contributed by atoms with van der Waals surface area (Å²) in [6.07, 6.45) is -6.53. The summed E-state index contributed by atoms with van der Waals surface area (Å²) < 4.78 is 59.3. The number of phosphoric acid groups is 2. The second-order valence-corrected chi connectivity index (χ2v) is 18.5. The van der Waals surface area contributed by atoms with Crippen molar-refractivity contribution in [1.29, 1.82) is 0 Å². The maximum atomic E-state index is 13.3. The van der Waals surface area contributed by atoms with Gasteiger partial charge in [-0.2, -0.15) is 4.98 Å². The van der Waals surface area contributed by atoms with Gasteiger partial charge in [0.25, 0.3) is 0 Å². The van der Waals surface area contributed by atoms with Crippen LogP contribution in [0.2, 0.25) is 0 Å². The molecular weight excluding hydrogens is 788 g/mol. The molecule has 2 aliphatic rings. The zero-order valence-corrected chi connectivity index (χ0v) is 31.7. The number of carbonyl (C=O) groups is 1. The van der Waals surface area contributed by atoms with Gasteiger partial charge < -0.3 is 51.2 Å². The molecule has 3 aromatic heterocycles. The molecule has 9 atom stereocenters. The number of anilines is 2. The molecule has 5 rings (SSSR count). The van der Waals surface area contributed by atoms with Gasteiger partial charge in [0.05, 0.1) is 19.5 Å². The van der Waals surface area contributed by atoms with Crippen LogP contribution in [-0.2, 0) is 41.7 Å². The summed E-state index contributed by atoms with van der Waals surface area (Å²) in [5.74, 6) is -0.784. The molecule has 0 spiro atoms. The molecule has 0 bridgehead atoms. The third-order valence-corrected chi connectivity index (χ3v) is 12.4. The molecule has 0 radical (unpaired) electrons. The van der Waals surface area contributed by atoms with Crippen molar-refractivity contribution in [2.75, 3.05) is 30.4 Å². The summed E-state index contributed by atoms with van der Waals surface area (Å²) >= 11 is 0. The van der Waals surface area contributed by atoms with Crippen LogP contribution in [-0.4, -0.2) is 115 Å². The van der Waals surface area contributed by atoms with Crippen LogP contribution in [0, 0.1) is 0 Å². The molecule has 2 fully saturated rings. The number of nitrogens with zero attached hydrogens (tertiary/aromatic N) is 6. The van der Waals surface area contributed by atoms with Crippen LogP contribution in [0.3, 0.4) is 0 Å². The summed E-state index contributed by atoms with van der Waals surface area (Å²) in [6, 6.07) is 0.167. The van der Waals surface area contributed by atoms with E-state index in [1.165, 1.54) is 44.7 Å². The standard InChI is InChI=1S/C26H39N9O14P2S2/c1-26(2,3)53-52-9-12(27)24(37)48-20-15(47-23(19(20)36)35-11-32-18-21(29)30-10-31-22(18)35)8-45-51(42,43)49-13-6-17(34-5-4-16(28)33-25(34)38)46-14(13)7-44-50(39,40)41/h4-5,10-15,17,19-20,23,36H,6-9,27H2,1-3H3,(H,42,43)(H2,28,33,38)(H2,29,30,31)(H2,39,40,41)/t12-,13-,14?,15+,17+,19+,20+,23+/m0/s1. The zero-order valence-electron chi connectivity index (χ0n) is 28.3. The molecule has 0 aliphatic carbocycles. The van der Waals surface area contributed by atoms with E-state index in [0.717, 1.165) is 10.9 Å². The maximum absolute atomic E-state index is 13.3. The van der Waals surface area contributed by atoms with Crippen LogP contribution < -0.4 is 22.9 Å². The smallest absolute Gasteiger partial charge is 0.455 e. The minimum atomic E-state index is -5.13. The van der Waals surface area contributed by atoms with E-state index < -0.39 is 89.5 Å². The van der Waals surface area contributed by atoms with E-state index in [1.807, 2.05) is 20.8 Å². The second kappa shape index (κ2) is 16.5. The molecule has 2 aliphatic heterocycles. The summed E-state index contributed by atoms with van der Waals surface area (Å²) in [5.41, 5.74) is 17.0. The van der Waals surface area contributed by atoms with Gasteiger partial charge in [0, 0.05) is 23.1 Å². The van der Waals surface area contributed by atoms with E-state index in [9.17, 15) is 38.5 Å². The predicted octanol–water partition coefficient (Wildman–Crippen LogP) is -0.176. The van der Waals surface area contributed by atoms with Gasteiger partial charge in [-0.15, -0.1) is 0 Å². The fraction of sp³-hybridized carbons (Fsp3) is 0.615. The Bertz CT molecular complexity index is 1930. The number of ether oxygens (including phenoxy) is 3. The third kappa shape index (κ3) is 10.7. The lowest BCUT2D eigenvalue weighted by atomic mass is 10.1. The largest absolute Gasteiger partial charge is 0.472 e. The van der Waals surface area contributed by atoms with Crippen molar-refractivity contribution in [2.24, 2.45) is 5.73 Å². The molecule has 23 nitrogen and oxygen atoms in total. The number of nitrogens with two attached hydrogens (primary N) is 3. The number of imidazole rings is 1. The number of hydrogen-bond donors (Lipinski definition) is 7. The van der Waals surface area contributed by atoms with Gasteiger partial charge >= 0.3 is 27.3 Å². The van der Waals surface area contributed by atoms with Crippen LogP contribution in [0.15, 0.2) is 29.7 Å². The number of carbonyl (C=O) groups excluding carboxylic acids is 1. The first-order valence-corrected chi connectivity index (χ1v) is 20.9. The molecule has 27 heteroatoms. The predicted molar refractivity (Wildman–Crippen MR) is 187 cm³/mol. The Morgan fingerprint density at radius 3 is 2.49 bits per heavy atom. The monoisotopic (exact) mass is 827 g/mol. The van der Waals surface area contributed by atoms with Crippen LogP contribution in [0.5, 0.6) is 0 Å². The van der Waals surface area contributed by atoms with Crippen molar-refractivity contribution < 1.29 is 61.5 Å². The Hall–Kier alpha value is -2.74. The van der Waals surface area contributed by atoms with Crippen molar-refractivity contribution >= 4 is 66.0 Å². The lowest BCUT2D eigenvalue weighted by molar-refractivity contribution is -0.157. The average molecular weight is 828 g/mol. The first-order valence-electron chi connectivity index (χ1n) is 15.6. The minimum absolute atomic E-state index is 0.0410. The molecule has 0 aromatic carbocycles. The summed E-state index contributed by atoms with van der Waals surface area (Å²) in [7, 11) is -7.31. The summed E-state index contributed by atoms with van der Waals surface area (Å²) in [4.78, 5) is 70.6. The van der Waals surface area contributed by atoms with Crippen molar-refractivity contribution in [3.8, 4) is 0 Å². The Kier molecular flexibility index (Phi) is 12.9. The number of aliphatic hydroxyl groups is 1. The third-order valence-electron chi connectivity index (χ3n) is 7.50. The molecule has 2 unspecified atom stereocenters. The summed E-state index contributed by atoms with van der Waals surface area (Å²) in [6.45, 7) is 4.33. The van der Waals surface area contributed by atoms with E-state index in [4.69, 9.17) is 40.5 Å². The van der Waals surface area contributed by atoms with E-state index in [-0.39, 0.29) is 39.7 Å². The van der Waals surface area contributed by atoms with Gasteiger partial charge in [0.1, 0.15) is 54.3 Å². The maximum Gasteiger partial charge on any atom is 0.472 e. The van der Waals surface area contributed by atoms with Crippen molar-refractivity contribution in [3.63, 3.8) is 0 Å². The fourth-order valence-electron chi connectivity index (χ4n) is 5.18. The first-order chi connectivity index (χ1) is 24.7. The number of phosphoric ester groups is 2. The highest BCUT2D eigenvalue weighted by molar-refractivity contribution is 8.77. The fourth-order valence-corrected chi connectivity index (χ4v) is 8.89. The van der Waals surface area contributed by atoms with Gasteiger partial charge in [-0.1, -0.05) is 42.4 Å². The van der Waals surface area contributed by atoms with E-state index >= 15 is 0 Å². The molecule has 5 heterocycles. The lowest BCUT2D eigenvalue weighted by Gasteiger charge is -2.24. The number of aromatic nitrogens is 6. The van der Waals surface area contributed by atoms with Crippen molar-refractivity contribution in [1.82, 2.24) is 29.1 Å². The molecule has 294 valence electrons. The molecule has 0 amide bonds. The van der Waals surface area contributed by atoms with Crippen LogP contribution in [0.1, 0.15) is 39.6 Å². The highest BCUT2D eigenvalue weighted by Crippen LogP contribution is 2.50. The quantitative estimate of drug-likeness (QED) is 0.0593. The number of hydrogen-bond acceptors (Lipinski definition) is 20. The van der Waals surface area contributed by atoms with E-state index in [0.29, 0.717) is 0 Å². The van der Waals surface area contributed by atoms with Crippen LogP contribution >= 0.6 is 37.2 Å². The zero-order chi connectivity index (χ0) is 38.9. The lowest BCUT2D eigenvalue weighted by Crippen LogP contribution is -2.43.